The molecule has 8 heteroatoms. The summed E-state index contributed by atoms with van der Waals surface area (Å²) in [4.78, 5) is 27.4. The topological polar surface area (TPSA) is 95.1 Å². The maximum absolute atomic E-state index is 13.1. The number of hydrogen-bond acceptors (Lipinski definition) is 5. The number of nitrogens with one attached hydrogen (secondary N) is 3. The number of hydrazine groups is 1. The number of para-hydroxylation sites is 1. The van der Waals surface area contributed by atoms with Gasteiger partial charge in [0.2, 0.25) is 5.91 Å². The van der Waals surface area contributed by atoms with Crippen LogP contribution in [0, 0.1) is 5.92 Å². The van der Waals surface area contributed by atoms with Crippen molar-refractivity contribution in [2.24, 2.45) is 5.92 Å². The van der Waals surface area contributed by atoms with Crippen molar-refractivity contribution in [3.05, 3.63) is 46.6 Å². The predicted octanol–water partition coefficient (Wildman–Crippen LogP) is 0.912. The van der Waals surface area contributed by atoms with E-state index in [-0.39, 0.29) is 23.6 Å². The van der Waals surface area contributed by atoms with Gasteiger partial charge in [-0.05, 0) is 50.2 Å². The summed E-state index contributed by atoms with van der Waals surface area (Å²) in [7, 11) is 0. The Morgan fingerprint density at radius 3 is 2.71 bits per heavy atom. The van der Waals surface area contributed by atoms with E-state index >= 15 is 0 Å². The molecule has 3 N–H and O–H groups in total. The molecule has 2 aliphatic heterocycles. The van der Waals surface area contributed by atoms with E-state index in [9.17, 15) is 9.59 Å². The van der Waals surface area contributed by atoms with Gasteiger partial charge in [-0.3, -0.25) is 10.2 Å². The lowest BCUT2D eigenvalue weighted by atomic mass is 9.95. The first kappa shape index (κ1) is 17.6. The minimum atomic E-state index is -0.237. The number of benzene rings is 1. The molecular weight excluding hydrogens is 356 g/mol. The number of H-pyrrole nitrogens is 1. The van der Waals surface area contributed by atoms with Crippen molar-refractivity contribution < 1.29 is 4.79 Å². The van der Waals surface area contributed by atoms with Crippen molar-refractivity contribution in [2.75, 3.05) is 13.1 Å². The summed E-state index contributed by atoms with van der Waals surface area (Å²) >= 11 is 0. The molecule has 1 saturated carbocycles. The molecule has 2 saturated heterocycles. The van der Waals surface area contributed by atoms with Crippen LogP contribution in [0.25, 0.3) is 5.69 Å². The number of amides is 1. The molecule has 0 spiro atoms. The van der Waals surface area contributed by atoms with Crippen molar-refractivity contribution in [3.63, 3.8) is 0 Å². The summed E-state index contributed by atoms with van der Waals surface area (Å²) < 4.78 is 1.64. The van der Waals surface area contributed by atoms with Crippen molar-refractivity contribution in [1.29, 1.82) is 0 Å². The Kier molecular flexibility index (Phi) is 4.52. The molecule has 2 aromatic rings. The highest BCUT2D eigenvalue weighted by atomic mass is 16.2. The summed E-state index contributed by atoms with van der Waals surface area (Å²) in [5, 5.41) is 6.90. The van der Waals surface area contributed by atoms with Gasteiger partial charge < -0.3 is 4.90 Å². The van der Waals surface area contributed by atoms with Crippen molar-refractivity contribution in [1.82, 2.24) is 30.5 Å². The van der Waals surface area contributed by atoms with Crippen molar-refractivity contribution >= 4 is 5.91 Å². The lowest BCUT2D eigenvalue weighted by molar-refractivity contribution is -0.134. The summed E-state index contributed by atoms with van der Waals surface area (Å²) in [6.45, 7) is 1.36. The molecule has 148 valence electrons. The summed E-state index contributed by atoms with van der Waals surface area (Å²) in [6, 6.07) is 9.81. The minimum absolute atomic E-state index is 0.0467. The van der Waals surface area contributed by atoms with Gasteiger partial charge in [-0.2, -0.15) is 5.10 Å². The van der Waals surface area contributed by atoms with Gasteiger partial charge in [-0.15, -0.1) is 0 Å². The van der Waals surface area contributed by atoms with E-state index in [1.807, 2.05) is 35.2 Å². The third-order valence-corrected chi connectivity index (χ3v) is 6.23. The van der Waals surface area contributed by atoms with Crippen LogP contribution in [0.2, 0.25) is 0 Å². The summed E-state index contributed by atoms with van der Waals surface area (Å²) in [5.74, 6) is 1.64. The first-order chi connectivity index (χ1) is 13.7. The highest BCUT2D eigenvalue weighted by Gasteiger charge is 2.41. The van der Waals surface area contributed by atoms with Crippen LogP contribution in [0.5, 0.6) is 0 Å². The molecule has 3 atom stereocenters. The van der Waals surface area contributed by atoms with Crippen molar-refractivity contribution in [3.8, 4) is 5.69 Å². The molecule has 1 aromatic heterocycles. The SMILES string of the molecule is O=C(C1CC(C2CC2)NN1)N1CCCC(c2n[nH]c(=O)n2-c2ccccc2)C1. The molecule has 0 bridgehead atoms. The average Bonchev–Trinajstić information content (AvgIpc) is 3.34. The highest BCUT2D eigenvalue weighted by Crippen LogP contribution is 2.36. The second-order valence-electron chi connectivity index (χ2n) is 8.20. The third-order valence-electron chi connectivity index (χ3n) is 6.23. The molecule has 3 fully saturated rings. The van der Waals surface area contributed by atoms with Crippen LogP contribution < -0.4 is 16.5 Å². The number of aromatic nitrogens is 3. The Morgan fingerprint density at radius 1 is 1.11 bits per heavy atom. The van der Waals surface area contributed by atoms with Crippen LogP contribution in [0.3, 0.4) is 0 Å². The fourth-order valence-corrected chi connectivity index (χ4v) is 4.57. The van der Waals surface area contributed by atoms with E-state index in [0.717, 1.165) is 37.4 Å². The first-order valence-corrected chi connectivity index (χ1v) is 10.2. The number of carbonyl (C=O) groups excluding carboxylic acids is 1. The molecule has 1 amide bonds. The van der Waals surface area contributed by atoms with Crippen LogP contribution in [0.1, 0.15) is 43.8 Å². The fourth-order valence-electron chi connectivity index (χ4n) is 4.57. The molecule has 3 aliphatic rings. The van der Waals surface area contributed by atoms with Gasteiger partial charge in [0.15, 0.2) is 0 Å². The van der Waals surface area contributed by atoms with E-state index in [4.69, 9.17) is 0 Å². The monoisotopic (exact) mass is 382 g/mol. The summed E-state index contributed by atoms with van der Waals surface area (Å²) in [6.07, 6.45) is 5.23. The van der Waals surface area contributed by atoms with Crippen LogP contribution in [-0.2, 0) is 4.79 Å². The van der Waals surface area contributed by atoms with E-state index in [1.165, 1.54) is 12.8 Å². The molecule has 3 heterocycles. The lowest BCUT2D eigenvalue weighted by Crippen LogP contribution is -2.49. The first-order valence-electron chi connectivity index (χ1n) is 10.2. The molecular formula is C20H26N6O2. The largest absolute Gasteiger partial charge is 0.347 e. The van der Waals surface area contributed by atoms with E-state index in [0.29, 0.717) is 18.4 Å². The Bertz CT molecular complexity index is 903. The molecule has 3 unspecified atom stereocenters. The fraction of sp³-hybridized carbons (Fsp3) is 0.550. The maximum Gasteiger partial charge on any atom is 0.347 e. The van der Waals surface area contributed by atoms with Gasteiger partial charge >= 0.3 is 5.69 Å². The number of nitrogens with zero attached hydrogens (tertiary/aromatic N) is 3. The van der Waals surface area contributed by atoms with E-state index in [1.54, 1.807) is 4.57 Å². The number of carbonyl (C=O) groups is 1. The van der Waals surface area contributed by atoms with Crippen molar-refractivity contribution in [2.45, 2.75) is 50.1 Å². The maximum atomic E-state index is 13.1. The van der Waals surface area contributed by atoms with Gasteiger partial charge in [0.1, 0.15) is 11.9 Å². The predicted molar refractivity (Wildman–Crippen MR) is 104 cm³/mol. The minimum Gasteiger partial charge on any atom is -0.341 e. The molecule has 28 heavy (non-hydrogen) atoms. The van der Waals surface area contributed by atoms with Gasteiger partial charge in [0.25, 0.3) is 0 Å². The van der Waals surface area contributed by atoms with Crippen LogP contribution >= 0.6 is 0 Å². The number of hydrogen-bond donors (Lipinski definition) is 3. The Morgan fingerprint density at radius 2 is 1.93 bits per heavy atom. The third kappa shape index (κ3) is 3.27. The second-order valence-corrected chi connectivity index (χ2v) is 8.20. The van der Waals surface area contributed by atoms with Gasteiger partial charge in [0, 0.05) is 25.0 Å². The Labute approximate surface area is 163 Å². The van der Waals surface area contributed by atoms with Gasteiger partial charge in [-0.25, -0.2) is 19.9 Å². The van der Waals surface area contributed by atoms with Gasteiger partial charge in [0.05, 0.1) is 5.69 Å². The quantitative estimate of drug-likeness (QED) is 0.731. The Hall–Kier alpha value is -2.45. The molecule has 1 aliphatic carbocycles. The average molecular weight is 382 g/mol. The zero-order valence-corrected chi connectivity index (χ0v) is 15.8. The summed E-state index contributed by atoms with van der Waals surface area (Å²) in [5.41, 5.74) is 7.07. The number of rotatable bonds is 4. The molecule has 5 rings (SSSR count). The number of aromatic amines is 1. The Balaban J connectivity index is 1.33. The van der Waals surface area contributed by atoms with Crippen LogP contribution in [0.4, 0.5) is 0 Å². The number of piperidine rings is 1. The van der Waals surface area contributed by atoms with Crippen LogP contribution in [-0.4, -0.2) is 50.7 Å². The zero-order valence-electron chi connectivity index (χ0n) is 15.8. The molecule has 0 radical (unpaired) electrons. The molecule has 1 aromatic carbocycles. The smallest absolute Gasteiger partial charge is 0.341 e. The standard InChI is InChI=1S/C20H26N6O2/c27-19(17-11-16(21-22-17)13-8-9-13)25-10-4-5-14(12-25)18-23-24-20(28)26(18)15-6-2-1-3-7-15/h1-3,6-7,13-14,16-17,21-22H,4-5,8-12H2,(H,24,28). The zero-order chi connectivity index (χ0) is 19.1. The number of likely N-dealkylation sites (tertiary alicyclic amines) is 1. The lowest BCUT2D eigenvalue weighted by Gasteiger charge is -2.33. The second kappa shape index (κ2) is 7.18. The normalized spacial score (nSPS) is 27.9. The van der Waals surface area contributed by atoms with Crippen LogP contribution in [0.15, 0.2) is 35.1 Å². The van der Waals surface area contributed by atoms with Gasteiger partial charge in [-0.1, -0.05) is 18.2 Å². The van der Waals surface area contributed by atoms with E-state index < -0.39 is 0 Å². The molecule has 8 nitrogen and oxygen atoms in total. The van der Waals surface area contributed by atoms with E-state index in [2.05, 4.69) is 21.0 Å². The highest BCUT2D eigenvalue weighted by molar-refractivity contribution is 5.82.